The lowest BCUT2D eigenvalue weighted by Crippen LogP contribution is -2.36. The Kier molecular flexibility index (Phi) is 6.05. The molecule has 0 aliphatic carbocycles. The molecule has 2 heterocycles. The molecule has 0 aliphatic heterocycles. The first-order chi connectivity index (χ1) is 16.6. The van der Waals surface area contributed by atoms with E-state index >= 15 is 0 Å². The van der Waals surface area contributed by atoms with Crippen LogP contribution in [0.2, 0.25) is 0 Å². The summed E-state index contributed by atoms with van der Waals surface area (Å²) in [7, 11) is 0. The zero-order valence-corrected chi connectivity index (χ0v) is 19.4. The van der Waals surface area contributed by atoms with E-state index in [1.54, 1.807) is 23.1 Å². The highest BCUT2D eigenvalue weighted by molar-refractivity contribution is 7.22. The number of amides is 1. The van der Waals surface area contributed by atoms with Crippen molar-refractivity contribution in [3.8, 4) is 5.75 Å². The van der Waals surface area contributed by atoms with E-state index in [1.807, 2.05) is 61.5 Å². The minimum absolute atomic E-state index is 0.135. The van der Waals surface area contributed by atoms with Crippen LogP contribution in [0.25, 0.3) is 21.1 Å². The van der Waals surface area contributed by atoms with Gasteiger partial charge in [0, 0.05) is 0 Å². The van der Waals surface area contributed by atoms with Gasteiger partial charge in [0.25, 0.3) is 5.56 Å². The summed E-state index contributed by atoms with van der Waals surface area (Å²) >= 11 is 1.42. The normalized spacial score (nSPS) is 11.1. The minimum atomic E-state index is -0.246. The van der Waals surface area contributed by atoms with Crippen LogP contribution >= 0.6 is 11.3 Å². The van der Waals surface area contributed by atoms with Gasteiger partial charge in [-0.15, -0.1) is 0 Å². The van der Waals surface area contributed by atoms with Crippen molar-refractivity contribution in [3.63, 3.8) is 0 Å². The maximum Gasteiger partial charge on any atom is 0.261 e. The van der Waals surface area contributed by atoms with Gasteiger partial charge in [-0.2, -0.15) is 0 Å². The van der Waals surface area contributed by atoms with Gasteiger partial charge >= 0.3 is 0 Å². The number of carbonyl (C=O) groups is 1. The second kappa shape index (κ2) is 9.44. The zero-order valence-electron chi connectivity index (χ0n) is 18.5. The van der Waals surface area contributed by atoms with Gasteiger partial charge in [0.05, 0.1) is 40.6 Å². The molecule has 5 rings (SSSR count). The predicted octanol–water partition coefficient (Wildman–Crippen LogP) is 4.64. The molecule has 0 spiro atoms. The lowest BCUT2D eigenvalue weighted by Gasteiger charge is -2.20. The fraction of sp³-hybridized carbons (Fsp3) is 0.154. The molecule has 34 heavy (non-hydrogen) atoms. The van der Waals surface area contributed by atoms with E-state index in [4.69, 9.17) is 9.72 Å². The number of hydrogen-bond donors (Lipinski definition) is 0. The number of benzene rings is 3. The summed E-state index contributed by atoms with van der Waals surface area (Å²) in [5, 5.41) is 1.05. The smallest absolute Gasteiger partial charge is 0.261 e. The van der Waals surface area contributed by atoms with Crippen LogP contribution in [0.4, 0.5) is 5.13 Å². The van der Waals surface area contributed by atoms with E-state index < -0.39 is 0 Å². The van der Waals surface area contributed by atoms with Crippen LogP contribution in [0, 0.1) is 0 Å². The van der Waals surface area contributed by atoms with Gasteiger partial charge in [-0.3, -0.25) is 19.1 Å². The number of ether oxygens (including phenoxy) is 1. The van der Waals surface area contributed by atoms with Crippen molar-refractivity contribution in [1.29, 1.82) is 0 Å². The van der Waals surface area contributed by atoms with Crippen LogP contribution in [0.3, 0.4) is 0 Å². The Morgan fingerprint density at radius 2 is 1.82 bits per heavy atom. The molecule has 0 saturated carbocycles. The van der Waals surface area contributed by atoms with Crippen LogP contribution in [-0.4, -0.2) is 27.0 Å². The number of anilines is 1. The third kappa shape index (κ3) is 4.40. The molecule has 3 aromatic carbocycles. The van der Waals surface area contributed by atoms with Gasteiger partial charge in [-0.1, -0.05) is 53.8 Å². The maximum atomic E-state index is 13.5. The molecule has 1 amide bonds. The lowest BCUT2D eigenvalue weighted by atomic mass is 10.2. The Morgan fingerprint density at radius 3 is 2.65 bits per heavy atom. The molecule has 0 radical (unpaired) electrons. The van der Waals surface area contributed by atoms with Crippen LogP contribution in [-0.2, 0) is 17.9 Å². The topological polar surface area (TPSA) is 77.3 Å². The van der Waals surface area contributed by atoms with Crippen molar-refractivity contribution >= 4 is 43.5 Å². The number of rotatable bonds is 7. The molecule has 0 aliphatic rings. The largest absolute Gasteiger partial charge is 0.494 e. The van der Waals surface area contributed by atoms with E-state index in [0.29, 0.717) is 29.2 Å². The van der Waals surface area contributed by atoms with Crippen molar-refractivity contribution in [2.75, 3.05) is 11.5 Å². The van der Waals surface area contributed by atoms with Gasteiger partial charge in [-0.25, -0.2) is 9.97 Å². The van der Waals surface area contributed by atoms with Crippen molar-refractivity contribution in [1.82, 2.24) is 14.5 Å². The van der Waals surface area contributed by atoms with Crippen LogP contribution < -0.4 is 15.2 Å². The number of aromatic nitrogens is 3. The van der Waals surface area contributed by atoms with Crippen LogP contribution in [0.1, 0.15) is 12.5 Å². The molecular formula is C26H22N4O3S. The number of nitrogens with zero attached hydrogens (tertiary/aromatic N) is 4. The fourth-order valence-corrected chi connectivity index (χ4v) is 4.75. The summed E-state index contributed by atoms with van der Waals surface area (Å²) in [4.78, 5) is 37.2. The number of para-hydroxylation sites is 1. The Balaban J connectivity index is 1.51. The molecule has 7 nitrogen and oxygen atoms in total. The van der Waals surface area contributed by atoms with Crippen molar-refractivity contribution < 1.29 is 9.53 Å². The Bertz CT molecular complexity index is 1530. The first-order valence-electron chi connectivity index (χ1n) is 10.9. The summed E-state index contributed by atoms with van der Waals surface area (Å²) in [5.41, 5.74) is 2.12. The highest BCUT2D eigenvalue weighted by Gasteiger charge is 2.22. The summed E-state index contributed by atoms with van der Waals surface area (Å²) in [5.74, 6) is 0.520. The van der Waals surface area contributed by atoms with Gasteiger partial charge < -0.3 is 4.74 Å². The molecule has 170 valence electrons. The second-order valence-electron chi connectivity index (χ2n) is 7.72. The van der Waals surface area contributed by atoms with Gasteiger partial charge in [-0.05, 0) is 42.8 Å². The summed E-state index contributed by atoms with van der Waals surface area (Å²) in [6.45, 7) is 2.72. The first kappa shape index (κ1) is 21.8. The highest BCUT2D eigenvalue weighted by Crippen LogP contribution is 2.32. The average Bonchev–Trinajstić information content (AvgIpc) is 3.28. The van der Waals surface area contributed by atoms with E-state index in [-0.39, 0.29) is 18.0 Å². The fourth-order valence-electron chi connectivity index (χ4n) is 3.74. The standard InChI is InChI=1S/C26H22N4O3S/c1-2-33-19-12-13-22-23(14-19)34-26(28-22)30(15-18-8-4-3-5-9-18)24(31)16-29-17-27-21-11-7-6-10-20(21)25(29)32/h3-14,17H,2,15-16H2,1H3. The molecule has 0 N–H and O–H groups in total. The molecule has 0 unspecified atom stereocenters. The molecule has 0 fully saturated rings. The monoisotopic (exact) mass is 470 g/mol. The van der Waals surface area contributed by atoms with Crippen molar-refractivity contribution in [3.05, 3.63) is 95.0 Å². The van der Waals surface area contributed by atoms with Crippen LogP contribution in [0.5, 0.6) is 5.75 Å². The predicted molar refractivity (Wildman–Crippen MR) is 134 cm³/mol. The average molecular weight is 471 g/mol. The molecule has 0 atom stereocenters. The maximum absolute atomic E-state index is 13.5. The molecule has 5 aromatic rings. The molecular weight excluding hydrogens is 448 g/mol. The van der Waals surface area contributed by atoms with Crippen LogP contribution in [0.15, 0.2) is 83.9 Å². The zero-order chi connectivity index (χ0) is 23.5. The Morgan fingerprint density at radius 1 is 1.03 bits per heavy atom. The highest BCUT2D eigenvalue weighted by atomic mass is 32.1. The molecule has 0 bridgehead atoms. The Labute approximate surface area is 199 Å². The minimum Gasteiger partial charge on any atom is -0.494 e. The second-order valence-corrected chi connectivity index (χ2v) is 8.73. The Hall–Kier alpha value is -4.04. The number of thiazole rings is 1. The van der Waals surface area contributed by atoms with Gasteiger partial charge in [0.15, 0.2) is 5.13 Å². The lowest BCUT2D eigenvalue weighted by molar-refractivity contribution is -0.119. The van der Waals surface area contributed by atoms with Gasteiger partial charge in [0.2, 0.25) is 5.91 Å². The summed E-state index contributed by atoms with van der Waals surface area (Å²) in [6, 6.07) is 22.5. The van der Waals surface area contributed by atoms with E-state index in [0.717, 1.165) is 21.5 Å². The summed E-state index contributed by atoms with van der Waals surface area (Å²) in [6.07, 6.45) is 1.43. The van der Waals surface area contributed by atoms with Crippen molar-refractivity contribution in [2.45, 2.75) is 20.0 Å². The summed E-state index contributed by atoms with van der Waals surface area (Å²) < 4.78 is 7.89. The van der Waals surface area contributed by atoms with Gasteiger partial charge in [0.1, 0.15) is 12.3 Å². The quantitative estimate of drug-likeness (QED) is 0.346. The number of carbonyl (C=O) groups excluding carboxylic acids is 1. The first-order valence-corrected chi connectivity index (χ1v) is 11.8. The molecule has 8 heteroatoms. The number of fused-ring (bicyclic) bond motifs is 2. The molecule has 0 saturated heterocycles. The van der Waals surface area contributed by atoms with E-state index in [9.17, 15) is 9.59 Å². The third-order valence-corrected chi connectivity index (χ3v) is 6.45. The number of hydrogen-bond acceptors (Lipinski definition) is 6. The SMILES string of the molecule is CCOc1ccc2nc(N(Cc3ccccc3)C(=O)Cn3cnc4ccccc4c3=O)sc2c1. The third-order valence-electron chi connectivity index (χ3n) is 5.41. The van der Waals surface area contributed by atoms with E-state index in [1.165, 1.54) is 22.2 Å². The van der Waals surface area contributed by atoms with E-state index in [2.05, 4.69) is 4.98 Å². The molecule has 2 aromatic heterocycles. The van der Waals surface area contributed by atoms with Crippen molar-refractivity contribution in [2.24, 2.45) is 0 Å².